The Labute approximate surface area is 117 Å². The van der Waals surface area contributed by atoms with E-state index in [0.29, 0.717) is 12.3 Å². The molecule has 20 heavy (non-hydrogen) atoms. The minimum Gasteiger partial charge on any atom is -0.383 e. The van der Waals surface area contributed by atoms with E-state index >= 15 is 0 Å². The molecule has 2 N–H and O–H groups in total. The molecule has 0 saturated carbocycles. The van der Waals surface area contributed by atoms with Crippen LogP contribution >= 0.6 is 0 Å². The largest absolute Gasteiger partial charge is 0.383 e. The molecule has 1 aromatic carbocycles. The SMILES string of the molecule is COC[C@H](C)NC(=O)Nc1cnn(-c2ccccc2)c1. The van der Waals surface area contributed by atoms with Gasteiger partial charge in [-0.05, 0) is 19.1 Å². The molecule has 2 rings (SSSR count). The lowest BCUT2D eigenvalue weighted by atomic mass is 10.3. The Morgan fingerprint density at radius 2 is 2.15 bits per heavy atom. The normalized spacial score (nSPS) is 11.9. The molecule has 106 valence electrons. The molecule has 0 aliphatic heterocycles. The van der Waals surface area contributed by atoms with Crippen molar-refractivity contribution >= 4 is 11.7 Å². The molecular weight excluding hydrogens is 256 g/mol. The molecule has 0 fully saturated rings. The Balaban J connectivity index is 1.95. The van der Waals surface area contributed by atoms with Gasteiger partial charge in [0.25, 0.3) is 0 Å². The van der Waals surface area contributed by atoms with E-state index in [1.165, 1.54) is 0 Å². The first-order valence-electron chi connectivity index (χ1n) is 6.35. The van der Waals surface area contributed by atoms with Gasteiger partial charge in [0.2, 0.25) is 0 Å². The van der Waals surface area contributed by atoms with Crippen molar-refractivity contribution in [1.29, 1.82) is 0 Å². The average Bonchev–Trinajstić information content (AvgIpc) is 2.88. The van der Waals surface area contributed by atoms with Crippen molar-refractivity contribution in [2.45, 2.75) is 13.0 Å². The van der Waals surface area contributed by atoms with Crippen LogP contribution in [0.3, 0.4) is 0 Å². The first kappa shape index (κ1) is 14.1. The molecule has 0 radical (unpaired) electrons. The molecule has 0 saturated heterocycles. The van der Waals surface area contributed by atoms with E-state index in [1.54, 1.807) is 24.2 Å². The van der Waals surface area contributed by atoms with E-state index in [0.717, 1.165) is 5.69 Å². The van der Waals surface area contributed by atoms with E-state index in [-0.39, 0.29) is 12.1 Å². The van der Waals surface area contributed by atoms with E-state index in [2.05, 4.69) is 15.7 Å². The molecule has 1 atom stereocenters. The number of nitrogens with one attached hydrogen (secondary N) is 2. The number of urea groups is 1. The van der Waals surface area contributed by atoms with Gasteiger partial charge in [0.15, 0.2) is 0 Å². The summed E-state index contributed by atoms with van der Waals surface area (Å²) in [6, 6.07) is 9.37. The van der Waals surface area contributed by atoms with Gasteiger partial charge >= 0.3 is 6.03 Å². The highest BCUT2D eigenvalue weighted by atomic mass is 16.5. The number of ether oxygens (including phenoxy) is 1. The smallest absolute Gasteiger partial charge is 0.319 e. The summed E-state index contributed by atoms with van der Waals surface area (Å²) in [5.41, 5.74) is 1.57. The van der Waals surface area contributed by atoms with Crippen molar-refractivity contribution in [2.24, 2.45) is 0 Å². The minimum atomic E-state index is -0.276. The van der Waals surface area contributed by atoms with Gasteiger partial charge in [0, 0.05) is 7.11 Å². The molecule has 0 aliphatic rings. The molecule has 2 aromatic rings. The van der Waals surface area contributed by atoms with Crippen LogP contribution in [0.4, 0.5) is 10.5 Å². The van der Waals surface area contributed by atoms with Gasteiger partial charge in [-0.3, -0.25) is 0 Å². The highest BCUT2D eigenvalue weighted by molar-refractivity contribution is 5.89. The van der Waals surface area contributed by atoms with Crippen molar-refractivity contribution in [3.05, 3.63) is 42.7 Å². The van der Waals surface area contributed by atoms with Crippen molar-refractivity contribution in [2.75, 3.05) is 19.0 Å². The van der Waals surface area contributed by atoms with Gasteiger partial charge in [0.05, 0.1) is 36.4 Å². The van der Waals surface area contributed by atoms with E-state index in [4.69, 9.17) is 4.74 Å². The van der Waals surface area contributed by atoms with Gasteiger partial charge in [-0.1, -0.05) is 18.2 Å². The fourth-order valence-corrected chi connectivity index (χ4v) is 1.79. The second-order valence-corrected chi connectivity index (χ2v) is 4.46. The first-order chi connectivity index (χ1) is 9.69. The van der Waals surface area contributed by atoms with Crippen LogP contribution in [0.15, 0.2) is 42.7 Å². The number of carbonyl (C=O) groups is 1. The Morgan fingerprint density at radius 1 is 1.40 bits per heavy atom. The van der Waals surface area contributed by atoms with E-state index < -0.39 is 0 Å². The van der Waals surface area contributed by atoms with E-state index in [1.807, 2.05) is 37.3 Å². The van der Waals surface area contributed by atoms with Crippen molar-refractivity contribution in [1.82, 2.24) is 15.1 Å². The summed E-state index contributed by atoms with van der Waals surface area (Å²) in [6.45, 7) is 2.34. The van der Waals surface area contributed by atoms with Gasteiger partial charge in [-0.25, -0.2) is 9.48 Å². The second kappa shape index (κ2) is 6.72. The minimum absolute atomic E-state index is 0.0517. The number of carbonyl (C=O) groups excluding carboxylic acids is 1. The van der Waals surface area contributed by atoms with Gasteiger partial charge in [-0.15, -0.1) is 0 Å². The number of anilines is 1. The Hall–Kier alpha value is -2.34. The maximum absolute atomic E-state index is 11.7. The van der Waals surface area contributed by atoms with Crippen LogP contribution < -0.4 is 10.6 Å². The van der Waals surface area contributed by atoms with Crippen LogP contribution in [-0.2, 0) is 4.74 Å². The number of hydrogen-bond acceptors (Lipinski definition) is 3. The molecule has 1 heterocycles. The monoisotopic (exact) mass is 274 g/mol. The van der Waals surface area contributed by atoms with Crippen LogP contribution in [0, 0.1) is 0 Å². The van der Waals surface area contributed by atoms with E-state index in [9.17, 15) is 4.79 Å². The summed E-state index contributed by atoms with van der Waals surface area (Å²) >= 11 is 0. The van der Waals surface area contributed by atoms with Crippen LogP contribution in [0.2, 0.25) is 0 Å². The number of nitrogens with zero attached hydrogens (tertiary/aromatic N) is 2. The highest BCUT2D eigenvalue weighted by Gasteiger charge is 2.08. The number of para-hydroxylation sites is 1. The lowest BCUT2D eigenvalue weighted by Gasteiger charge is -2.12. The Bertz CT molecular complexity index is 553. The molecule has 0 bridgehead atoms. The zero-order valence-corrected chi connectivity index (χ0v) is 11.5. The van der Waals surface area contributed by atoms with Crippen LogP contribution in [-0.4, -0.2) is 35.6 Å². The maximum Gasteiger partial charge on any atom is 0.319 e. The molecular formula is C14H18N4O2. The average molecular weight is 274 g/mol. The Kier molecular flexibility index (Phi) is 4.73. The predicted molar refractivity (Wildman–Crippen MR) is 77.1 cm³/mol. The lowest BCUT2D eigenvalue weighted by molar-refractivity contribution is 0.173. The molecule has 6 heteroatoms. The number of amides is 2. The highest BCUT2D eigenvalue weighted by Crippen LogP contribution is 2.10. The Morgan fingerprint density at radius 3 is 2.85 bits per heavy atom. The third-order valence-electron chi connectivity index (χ3n) is 2.66. The molecule has 6 nitrogen and oxygen atoms in total. The molecule has 0 aliphatic carbocycles. The fourth-order valence-electron chi connectivity index (χ4n) is 1.79. The standard InChI is InChI=1S/C14H18N4O2/c1-11(10-20-2)16-14(19)17-12-8-15-18(9-12)13-6-4-3-5-7-13/h3-9,11H,10H2,1-2H3,(H2,16,17,19)/t11-/m0/s1. The summed E-state index contributed by atoms with van der Waals surface area (Å²) in [4.78, 5) is 11.7. The summed E-state index contributed by atoms with van der Waals surface area (Å²) in [7, 11) is 1.60. The fraction of sp³-hybridized carbons (Fsp3) is 0.286. The van der Waals surface area contributed by atoms with Crippen molar-refractivity contribution in [3.63, 3.8) is 0 Å². The number of aromatic nitrogens is 2. The van der Waals surface area contributed by atoms with Crippen LogP contribution in [0.25, 0.3) is 5.69 Å². The third kappa shape index (κ3) is 3.83. The number of hydrogen-bond donors (Lipinski definition) is 2. The van der Waals surface area contributed by atoms with Gasteiger partial charge in [-0.2, -0.15) is 5.10 Å². The van der Waals surface area contributed by atoms with Crippen molar-refractivity contribution < 1.29 is 9.53 Å². The topological polar surface area (TPSA) is 68.2 Å². The number of rotatable bonds is 5. The van der Waals surface area contributed by atoms with Gasteiger partial charge in [0.1, 0.15) is 0 Å². The predicted octanol–water partition coefficient (Wildman–Crippen LogP) is 2.03. The number of methoxy groups -OCH3 is 1. The lowest BCUT2D eigenvalue weighted by Crippen LogP contribution is -2.38. The summed E-state index contributed by atoms with van der Waals surface area (Å²) in [6.07, 6.45) is 3.36. The van der Waals surface area contributed by atoms with Gasteiger partial charge < -0.3 is 15.4 Å². The second-order valence-electron chi connectivity index (χ2n) is 4.46. The van der Waals surface area contributed by atoms with Crippen LogP contribution in [0.5, 0.6) is 0 Å². The quantitative estimate of drug-likeness (QED) is 0.876. The summed E-state index contributed by atoms with van der Waals surface area (Å²) < 4.78 is 6.66. The van der Waals surface area contributed by atoms with Crippen LogP contribution in [0.1, 0.15) is 6.92 Å². The zero-order valence-electron chi connectivity index (χ0n) is 11.5. The third-order valence-corrected chi connectivity index (χ3v) is 2.66. The zero-order chi connectivity index (χ0) is 14.4. The molecule has 0 unspecified atom stereocenters. The number of benzene rings is 1. The van der Waals surface area contributed by atoms with Crippen molar-refractivity contribution in [3.8, 4) is 5.69 Å². The first-order valence-corrected chi connectivity index (χ1v) is 6.35. The molecule has 1 aromatic heterocycles. The summed E-state index contributed by atoms with van der Waals surface area (Å²) in [5.74, 6) is 0. The molecule has 2 amide bonds. The maximum atomic E-state index is 11.7. The molecule has 0 spiro atoms. The summed E-state index contributed by atoms with van der Waals surface area (Å²) in [5, 5.41) is 9.70.